The molecule has 16 rings (SSSR count). The Morgan fingerprint density at radius 2 is 0.580 bits per heavy atom. The third-order valence-corrected chi connectivity index (χ3v) is 15.6. The van der Waals surface area contributed by atoms with Crippen molar-refractivity contribution in [3.8, 4) is 47.0 Å². The molecular weight excluding hydrogens is 1290 g/mol. The summed E-state index contributed by atoms with van der Waals surface area (Å²) < 4.78 is 51.0. The summed E-state index contributed by atoms with van der Waals surface area (Å²) in [5.41, 5.74) is 29.6. The molecule has 4 aliphatic heterocycles. The first-order chi connectivity index (χ1) is 48.8. The Morgan fingerprint density at radius 3 is 0.900 bits per heavy atom. The zero-order valence-electron chi connectivity index (χ0n) is 53.7. The number of allylic oxidation sites excluding steroid dienone is 1. The van der Waals surface area contributed by atoms with Crippen molar-refractivity contribution < 1.29 is 37.9 Å². The van der Waals surface area contributed by atoms with Crippen LogP contribution in [0.2, 0.25) is 0 Å². The van der Waals surface area contributed by atoms with Crippen LogP contribution in [0.3, 0.4) is 0 Å². The highest BCUT2D eigenvalue weighted by Crippen LogP contribution is 2.26. The van der Waals surface area contributed by atoms with E-state index in [4.69, 9.17) is 60.8 Å². The lowest BCUT2D eigenvalue weighted by Crippen LogP contribution is -2.18. The van der Waals surface area contributed by atoms with Gasteiger partial charge in [-0.1, -0.05) is 85.0 Å². The van der Waals surface area contributed by atoms with Gasteiger partial charge in [-0.15, -0.1) is 0 Å². The predicted octanol–water partition coefficient (Wildman–Crippen LogP) is 5.87. The van der Waals surface area contributed by atoms with E-state index in [2.05, 4.69) is 65.9 Å². The number of H-pyrrole nitrogens is 4. The van der Waals surface area contributed by atoms with E-state index in [0.29, 0.717) is 130 Å². The third kappa shape index (κ3) is 15.7. The second kappa shape index (κ2) is 30.3. The van der Waals surface area contributed by atoms with Gasteiger partial charge in [0, 0.05) is 0 Å². The van der Waals surface area contributed by atoms with Gasteiger partial charge in [0.2, 0.25) is 0 Å². The minimum Gasteiger partial charge on any atom is -0.490 e. The highest BCUT2D eigenvalue weighted by Gasteiger charge is 2.21. The van der Waals surface area contributed by atoms with Crippen molar-refractivity contribution in [3.63, 3.8) is 0 Å². The van der Waals surface area contributed by atoms with Crippen LogP contribution in [-0.4, -0.2) is 131 Å². The van der Waals surface area contributed by atoms with Crippen molar-refractivity contribution in [3.05, 3.63) is 210 Å². The maximum Gasteiger partial charge on any atom is 0.328 e. The largest absolute Gasteiger partial charge is 0.490 e. The van der Waals surface area contributed by atoms with Crippen molar-refractivity contribution in [1.82, 2.24) is 78.1 Å². The first-order valence-corrected chi connectivity index (χ1v) is 31.8. The molecule has 0 radical (unpaired) electrons. The molecule has 16 bridgehead atoms. The molecule has 32 heteroatoms. The second-order valence-corrected chi connectivity index (χ2v) is 22.7. The molecule has 32 nitrogen and oxygen atoms in total. The monoisotopic (exact) mass is 1360 g/mol. The van der Waals surface area contributed by atoms with E-state index < -0.39 is 0 Å². The van der Waals surface area contributed by atoms with Crippen LogP contribution in [0.15, 0.2) is 165 Å². The molecule has 8 aromatic heterocycles. The number of aromatic amines is 4. The Kier molecular flexibility index (Phi) is 19.8. The van der Waals surface area contributed by atoms with E-state index in [1.165, 1.54) is 18.3 Å². The average molecular weight is 1360 g/mol. The summed E-state index contributed by atoms with van der Waals surface area (Å²) in [7, 11) is 0. The number of hydrogen-bond donors (Lipinski definition) is 8. The van der Waals surface area contributed by atoms with E-state index >= 15 is 0 Å². The van der Waals surface area contributed by atoms with Crippen LogP contribution in [-0.2, 0) is 26.2 Å². The number of nitrogen functional groups attached to an aromatic ring is 4. The van der Waals surface area contributed by atoms with Crippen LogP contribution in [0.1, 0.15) is 47.9 Å². The Morgan fingerprint density at radius 1 is 0.310 bits per heavy atom. The summed E-state index contributed by atoms with van der Waals surface area (Å²) >= 11 is 0. The summed E-state index contributed by atoms with van der Waals surface area (Å²) in [6, 6.07) is 31.0. The zero-order chi connectivity index (χ0) is 68.9. The molecule has 0 unspecified atom stereocenters. The van der Waals surface area contributed by atoms with E-state index in [0.717, 1.165) is 58.1 Å². The third-order valence-electron chi connectivity index (χ3n) is 15.6. The molecule has 0 saturated heterocycles. The Labute approximate surface area is 566 Å². The fourth-order valence-corrected chi connectivity index (χ4v) is 10.8. The summed E-state index contributed by atoms with van der Waals surface area (Å²) in [5.74, 6) is 3.73. The molecule has 0 amide bonds. The number of ether oxygens (including phenoxy) is 8. The molecule has 12 heterocycles. The van der Waals surface area contributed by atoms with E-state index in [-0.39, 0.29) is 76.7 Å². The maximum absolute atomic E-state index is 12.4. The first kappa shape index (κ1) is 65.5. The maximum atomic E-state index is 12.4. The normalized spacial score (nSPS) is 15.8. The van der Waals surface area contributed by atoms with Crippen molar-refractivity contribution in [1.29, 1.82) is 0 Å². The number of imidazole rings is 4. The predicted molar refractivity (Wildman–Crippen MR) is 371 cm³/mol. The fraction of sp³-hybridized carbons (Fsp3) is 0.235. The summed E-state index contributed by atoms with van der Waals surface area (Å²) in [5, 5.41) is 0. The lowest BCUT2D eigenvalue weighted by atomic mass is 10.2. The molecule has 0 atom stereocenters. The van der Waals surface area contributed by atoms with Gasteiger partial charge in [-0.2, -0.15) is 39.9 Å². The van der Waals surface area contributed by atoms with Crippen LogP contribution in [0, 0.1) is 0 Å². The summed E-state index contributed by atoms with van der Waals surface area (Å²) in [6.07, 6.45) is 18.5. The second-order valence-electron chi connectivity index (χ2n) is 22.7. The molecule has 0 spiro atoms. The van der Waals surface area contributed by atoms with Gasteiger partial charge in [-0.05, 0) is 109 Å². The molecule has 100 heavy (non-hydrogen) atoms. The van der Waals surface area contributed by atoms with Crippen LogP contribution >= 0.6 is 0 Å². The van der Waals surface area contributed by atoms with E-state index in [1.54, 1.807) is 0 Å². The number of nitrogens with zero attached hydrogens (tertiary/aromatic N) is 12. The topological polar surface area (TPSA) is 432 Å². The number of anilines is 4. The zero-order valence-corrected chi connectivity index (χ0v) is 53.7. The SMILES string of the molecule is Nc1nc2nc3c1[nH]c(=O)n3Cc1cccc(c1)OC/C=C/CCCO2.Nc1nc2nc3c1[nH]c(=O)n3Cc1cccc(c1)OC/C=C/CCO2.Nc1nc2nc3c1[nH]c(=O)n3Cc1cccc(c1)OC/C=C/CO2.Nc1nc2nc3c1[nH]c(=O)n3Cc1cccc(c1)OC/C=C\CCO2. The Balaban J connectivity index is 0.000000120. The molecule has 4 aliphatic rings. The van der Waals surface area contributed by atoms with Gasteiger partial charge in [-0.25, -0.2) is 19.2 Å². The number of rotatable bonds is 0. The number of nitrogens with two attached hydrogens (primary N) is 4. The van der Waals surface area contributed by atoms with E-state index in [9.17, 15) is 19.2 Å². The van der Waals surface area contributed by atoms with Gasteiger partial charge in [0.05, 0.1) is 46.0 Å². The van der Waals surface area contributed by atoms with Gasteiger partial charge >= 0.3 is 46.8 Å². The molecule has 0 saturated carbocycles. The minimum absolute atomic E-state index is 0.129. The molecule has 0 fully saturated rings. The number of aromatic nitrogens is 16. The number of fused-ring (bicyclic) bond motifs is 12. The van der Waals surface area contributed by atoms with Gasteiger partial charge in [0.15, 0.2) is 45.9 Å². The molecule has 512 valence electrons. The lowest BCUT2D eigenvalue weighted by Gasteiger charge is -2.09. The number of benzene rings is 4. The summed E-state index contributed by atoms with van der Waals surface area (Å²) in [4.78, 5) is 94.0. The Hall–Kier alpha value is -13.2. The minimum atomic E-state index is -0.304. The van der Waals surface area contributed by atoms with Crippen LogP contribution in [0.25, 0.3) is 44.7 Å². The average Bonchev–Trinajstić information content (AvgIpc) is 1.65. The fourth-order valence-electron chi connectivity index (χ4n) is 10.8. The Bertz CT molecular complexity index is 5170. The lowest BCUT2D eigenvalue weighted by molar-refractivity contribution is 0.289. The number of nitrogens with one attached hydrogen (secondary N) is 4. The van der Waals surface area contributed by atoms with Gasteiger partial charge in [-0.3, -0.25) is 18.3 Å². The van der Waals surface area contributed by atoms with Crippen LogP contribution in [0.4, 0.5) is 23.3 Å². The van der Waals surface area contributed by atoms with Crippen molar-refractivity contribution in [2.45, 2.75) is 51.9 Å². The molecule has 0 aliphatic carbocycles. The van der Waals surface area contributed by atoms with Crippen LogP contribution in [0.5, 0.6) is 47.0 Å². The van der Waals surface area contributed by atoms with Crippen molar-refractivity contribution >= 4 is 67.9 Å². The molecule has 4 aromatic carbocycles. The standard InChI is InChI=1S/C18H19N5O3.2C17H17N5O3.C16H15N5O3/c19-15-14-16-22-17(21-15)26-9-4-2-1-3-8-25-13-7-5-6-12(10-13)11-23(16)18(24)20-14;2*18-14-13-15-21-16(20-14)25-8-3-1-2-7-24-12-6-4-5-11(9-12)10-22(15)17(23)19-13;17-13-12-14-20-15(19-13)24-7-2-1-6-23-11-5-3-4-10(8-11)9-21(14)16(22)18-12/h1,3,5-7,10H,2,4,8-9,11H2,(H,20,24)(H2,19,21,22);2*1-2,4-6,9H,3,7-8,10H2,(H,19,23)(H2,18,20,21);1-5,8H,6-7,9H2,(H,18,22)(H2,17,19,20)/b3-1+;2-1+;2-1-;2-1+. The van der Waals surface area contributed by atoms with Gasteiger partial charge in [0.25, 0.3) is 0 Å². The first-order valence-electron chi connectivity index (χ1n) is 31.8. The quantitative estimate of drug-likeness (QED) is 0.0823. The molecular formula is C68H68N20O12. The molecule has 12 aromatic rings. The smallest absolute Gasteiger partial charge is 0.328 e. The number of hydrogen-bond acceptors (Lipinski definition) is 24. The van der Waals surface area contributed by atoms with Crippen molar-refractivity contribution in [2.75, 3.05) is 75.8 Å². The van der Waals surface area contributed by atoms with E-state index in [1.807, 2.05) is 140 Å². The highest BCUT2D eigenvalue weighted by atomic mass is 16.5. The highest BCUT2D eigenvalue weighted by molar-refractivity contribution is 5.84. The van der Waals surface area contributed by atoms with Crippen molar-refractivity contribution in [2.24, 2.45) is 0 Å². The summed E-state index contributed by atoms with van der Waals surface area (Å²) in [6.45, 7) is 4.75. The van der Waals surface area contributed by atoms with Gasteiger partial charge in [0.1, 0.15) is 78.1 Å². The van der Waals surface area contributed by atoms with Gasteiger partial charge < -0.3 is 80.8 Å². The molecule has 12 N–H and O–H groups in total. The van der Waals surface area contributed by atoms with Crippen LogP contribution < -0.4 is 83.6 Å².